The zero-order chi connectivity index (χ0) is 12.8. The molecule has 1 aromatic rings. The topological polar surface area (TPSA) is 53.4 Å². The summed E-state index contributed by atoms with van der Waals surface area (Å²) in [6, 6.07) is -0.406. The van der Waals surface area contributed by atoms with Gasteiger partial charge in [-0.3, -0.25) is 9.69 Å². The summed E-state index contributed by atoms with van der Waals surface area (Å²) in [5.41, 5.74) is 0.956. The Morgan fingerprint density at radius 3 is 2.82 bits per heavy atom. The first-order valence-corrected chi connectivity index (χ1v) is 6.76. The number of nitrogens with zero attached hydrogens (tertiary/aromatic N) is 2. The van der Waals surface area contributed by atoms with Crippen molar-refractivity contribution in [1.29, 1.82) is 0 Å². The van der Waals surface area contributed by atoms with Gasteiger partial charge in [0.05, 0.1) is 10.7 Å². The molecule has 1 unspecified atom stereocenters. The molecular formula is C12H20N2O2S. The first-order chi connectivity index (χ1) is 8.04. The van der Waals surface area contributed by atoms with Crippen molar-refractivity contribution in [3.05, 3.63) is 16.1 Å². The molecule has 1 rings (SSSR count). The predicted octanol–water partition coefficient (Wildman–Crippen LogP) is 2.53. The molecule has 0 aromatic carbocycles. The van der Waals surface area contributed by atoms with Crippen LogP contribution in [-0.4, -0.2) is 34.0 Å². The number of hydrogen-bond donors (Lipinski definition) is 1. The van der Waals surface area contributed by atoms with Crippen molar-refractivity contribution in [2.24, 2.45) is 0 Å². The van der Waals surface area contributed by atoms with Gasteiger partial charge in [0, 0.05) is 11.9 Å². The Kier molecular flexibility index (Phi) is 5.58. The van der Waals surface area contributed by atoms with E-state index >= 15 is 0 Å². The largest absolute Gasteiger partial charge is 0.480 e. The lowest BCUT2D eigenvalue weighted by molar-refractivity contribution is -0.143. The number of hydrogen-bond acceptors (Lipinski definition) is 4. The van der Waals surface area contributed by atoms with Gasteiger partial charge in [0.1, 0.15) is 6.04 Å². The fourth-order valence-corrected chi connectivity index (χ4v) is 2.38. The Labute approximate surface area is 106 Å². The molecule has 1 heterocycles. The van der Waals surface area contributed by atoms with Crippen LogP contribution in [0.1, 0.15) is 36.9 Å². The van der Waals surface area contributed by atoms with Crippen molar-refractivity contribution in [3.63, 3.8) is 0 Å². The predicted molar refractivity (Wildman–Crippen MR) is 69.3 cm³/mol. The van der Waals surface area contributed by atoms with E-state index in [0.29, 0.717) is 13.0 Å². The number of carboxylic acids is 1. The molecule has 1 aromatic heterocycles. The van der Waals surface area contributed by atoms with Crippen molar-refractivity contribution >= 4 is 17.3 Å². The van der Waals surface area contributed by atoms with E-state index in [0.717, 1.165) is 23.5 Å². The molecule has 17 heavy (non-hydrogen) atoms. The number of aliphatic carboxylic acids is 1. The van der Waals surface area contributed by atoms with Crippen LogP contribution < -0.4 is 0 Å². The molecule has 0 saturated heterocycles. The van der Waals surface area contributed by atoms with Gasteiger partial charge >= 0.3 is 5.97 Å². The molecule has 5 heteroatoms. The SMILES string of the molecule is CCCCC(C(=O)O)N(C)Cc1csc(C)n1. The Morgan fingerprint density at radius 2 is 2.35 bits per heavy atom. The second-order valence-corrected chi connectivity index (χ2v) is 5.33. The minimum Gasteiger partial charge on any atom is -0.480 e. The van der Waals surface area contributed by atoms with Gasteiger partial charge in [0.25, 0.3) is 0 Å². The maximum atomic E-state index is 11.2. The highest BCUT2D eigenvalue weighted by atomic mass is 32.1. The maximum absolute atomic E-state index is 11.2. The van der Waals surface area contributed by atoms with Gasteiger partial charge in [-0.1, -0.05) is 19.8 Å². The molecule has 0 amide bonds. The molecular weight excluding hydrogens is 236 g/mol. The van der Waals surface area contributed by atoms with E-state index in [1.54, 1.807) is 11.3 Å². The van der Waals surface area contributed by atoms with Gasteiger partial charge < -0.3 is 5.11 Å². The average molecular weight is 256 g/mol. The normalized spacial score (nSPS) is 12.9. The van der Waals surface area contributed by atoms with Crippen molar-refractivity contribution in [1.82, 2.24) is 9.88 Å². The van der Waals surface area contributed by atoms with Gasteiger partial charge in [0.2, 0.25) is 0 Å². The fraction of sp³-hybridized carbons (Fsp3) is 0.667. The second kappa shape index (κ2) is 6.71. The van der Waals surface area contributed by atoms with Gasteiger partial charge in [-0.15, -0.1) is 11.3 Å². The number of carbonyl (C=O) groups is 1. The van der Waals surface area contributed by atoms with E-state index in [2.05, 4.69) is 11.9 Å². The smallest absolute Gasteiger partial charge is 0.320 e. The number of unbranched alkanes of at least 4 members (excludes halogenated alkanes) is 1. The fourth-order valence-electron chi connectivity index (χ4n) is 1.78. The minimum absolute atomic E-state index is 0.406. The molecule has 0 aliphatic rings. The van der Waals surface area contributed by atoms with Gasteiger partial charge in [-0.2, -0.15) is 0 Å². The Morgan fingerprint density at radius 1 is 1.65 bits per heavy atom. The lowest BCUT2D eigenvalue weighted by atomic mass is 10.1. The molecule has 1 N–H and O–H groups in total. The van der Waals surface area contributed by atoms with E-state index in [1.807, 2.05) is 24.3 Å². The Hall–Kier alpha value is -0.940. The van der Waals surface area contributed by atoms with E-state index < -0.39 is 12.0 Å². The minimum atomic E-state index is -0.743. The van der Waals surface area contributed by atoms with E-state index in [9.17, 15) is 9.90 Å². The monoisotopic (exact) mass is 256 g/mol. The number of aryl methyl sites for hydroxylation is 1. The highest BCUT2D eigenvalue weighted by Gasteiger charge is 2.22. The van der Waals surface area contributed by atoms with Gasteiger partial charge in [0.15, 0.2) is 0 Å². The first kappa shape index (κ1) is 14.1. The van der Waals surface area contributed by atoms with Crippen LogP contribution in [0.4, 0.5) is 0 Å². The lowest BCUT2D eigenvalue weighted by Crippen LogP contribution is -2.38. The lowest BCUT2D eigenvalue weighted by Gasteiger charge is -2.23. The van der Waals surface area contributed by atoms with Crippen molar-refractivity contribution in [2.75, 3.05) is 7.05 Å². The Balaban J connectivity index is 2.58. The first-order valence-electron chi connectivity index (χ1n) is 5.88. The molecule has 4 nitrogen and oxygen atoms in total. The summed E-state index contributed by atoms with van der Waals surface area (Å²) in [6.07, 6.45) is 2.66. The summed E-state index contributed by atoms with van der Waals surface area (Å²) < 4.78 is 0. The standard InChI is InChI=1S/C12H20N2O2S/c1-4-5-6-11(12(15)16)14(3)7-10-8-17-9(2)13-10/h8,11H,4-7H2,1-3H3,(H,15,16). The van der Waals surface area contributed by atoms with E-state index in [1.165, 1.54) is 0 Å². The van der Waals surface area contributed by atoms with E-state index in [-0.39, 0.29) is 0 Å². The van der Waals surface area contributed by atoms with Crippen LogP contribution in [-0.2, 0) is 11.3 Å². The zero-order valence-corrected chi connectivity index (χ0v) is 11.5. The summed E-state index contributed by atoms with van der Waals surface area (Å²) in [6.45, 7) is 4.63. The third-order valence-electron chi connectivity index (χ3n) is 2.73. The van der Waals surface area contributed by atoms with Gasteiger partial charge in [-0.25, -0.2) is 4.98 Å². The van der Waals surface area contributed by atoms with Crippen LogP contribution in [0.2, 0.25) is 0 Å². The summed E-state index contributed by atoms with van der Waals surface area (Å²) in [7, 11) is 1.85. The summed E-state index contributed by atoms with van der Waals surface area (Å²) in [5, 5.41) is 12.2. The van der Waals surface area contributed by atoms with Crippen molar-refractivity contribution in [2.45, 2.75) is 45.7 Å². The molecule has 0 aliphatic heterocycles. The highest BCUT2D eigenvalue weighted by molar-refractivity contribution is 7.09. The molecule has 0 radical (unpaired) electrons. The van der Waals surface area contributed by atoms with Crippen LogP contribution in [0.5, 0.6) is 0 Å². The van der Waals surface area contributed by atoms with Crippen LogP contribution in [0, 0.1) is 6.92 Å². The van der Waals surface area contributed by atoms with Crippen LogP contribution in [0.25, 0.3) is 0 Å². The van der Waals surface area contributed by atoms with Crippen molar-refractivity contribution in [3.8, 4) is 0 Å². The molecule has 0 bridgehead atoms. The third-order valence-corrected chi connectivity index (χ3v) is 3.55. The summed E-state index contributed by atoms with van der Waals surface area (Å²) >= 11 is 1.60. The van der Waals surface area contributed by atoms with Crippen molar-refractivity contribution < 1.29 is 9.90 Å². The number of rotatable bonds is 7. The quantitative estimate of drug-likeness (QED) is 0.814. The Bertz CT molecular complexity index is 365. The molecule has 0 fully saturated rings. The maximum Gasteiger partial charge on any atom is 0.320 e. The number of aromatic nitrogens is 1. The summed E-state index contributed by atoms with van der Waals surface area (Å²) in [5.74, 6) is -0.743. The van der Waals surface area contributed by atoms with Crippen LogP contribution in [0.15, 0.2) is 5.38 Å². The highest BCUT2D eigenvalue weighted by Crippen LogP contribution is 2.14. The second-order valence-electron chi connectivity index (χ2n) is 4.27. The van der Waals surface area contributed by atoms with Crippen LogP contribution in [0.3, 0.4) is 0 Å². The zero-order valence-electron chi connectivity index (χ0n) is 10.6. The molecule has 0 aliphatic carbocycles. The van der Waals surface area contributed by atoms with Gasteiger partial charge in [-0.05, 0) is 20.4 Å². The summed E-state index contributed by atoms with van der Waals surface area (Å²) in [4.78, 5) is 17.4. The number of likely N-dealkylation sites (N-methyl/N-ethyl adjacent to an activating group) is 1. The van der Waals surface area contributed by atoms with Crippen LogP contribution >= 0.6 is 11.3 Å². The molecule has 1 atom stereocenters. The molecule has 0 saturated carbocycles. The average Bonchev–Trinajstić information content (AvgIpc) is 2.64. The number of thiazole rings is 1. The number of carboxylic acid groups (broad SMARTS) is 1. The molecule has 0 spiro atoms. The molecule has 96 valence electrons. The third kappa shape index (κ3) is 4.44. The van der Waals surface area contributed by atoms with E-state index in [4.69, 9.17) is 0 Å².